The molecule has 0 spiro atoms. The largest absolute Gasteiger partial charge is 0.573 e. The number of carbonyl (C=O) groups is 1. The third kappa shape index (κ3) is 3.54. The predicted octanol–water partition coefficient (Wildman–Crippen LogP) is 4.37. The first-order chi connectivity index (χ1) is 13.2. The Morgan fingerprint density at radius 2 is 1.86 bits per heavy atom. The van der Waals surface area contributed by atoms with Gasteiger partial charge < -0.3 is 9.64 Å². The zero-order chi connectivity index (χ0) is 20.1. The van der Waals surface area contributed by atoms with E-state index in [9.17, 15) is 18.0 Å². The van der Waals surface area contributed by atoms with Crippen molar-refractivity contribution in [2.45, 2.75) is 25.2 Å². The van der Waals surface area contributed by atoms with Crippen LogP contribution in [0, 0.1) is 0 Å². The second-order valence-electron chi connectivity index (χ2n) is 6.92. The zero-order valence-corrected chi connectivity index (χ0v) is 15.3. The lowest BCUT2D eigenvalue weighted by Gasteiger charge is -2.16. The number of hydrogen-bond donors (Lipinski definition) is 0. The van der Waals surface area contributed by atoms with Gasteiger partial charge in [-0.3, -0.25) is 9.48 Å². The number of hydrogen-bond acceptors (Lipinski definition) is 3. The Labute approximate surface area is 159 Å². The first-order valence-electron chi connectivity index (χ1n) is 8.83. The van der Waals surface area contributed by atoms with E-state index in [0.29, 0.717) is 22.9 Å². The molecule has 146 valence electrons. The second kappa shape index (κ2) is 6.54. The maximum absolute atomic E-state index is 12.6. The van der Waals surface area contributed by atoms with Crippen LogP contribution in [-0.4, -0.2) is 40.0 Å². The minimum atomic E-state index is -4.73. The third-order valence-corrected chi connectivity index (χ3v) is 4.87. The summed E-state index contributed by atoms with van der Waals surface area (Å²) in [5.41, 5.74) is 2.66. The van der Waals surface area contributed by atoms with Gasteiger partial charge in [0, 0.05) is 36.7 Å². The molecule has 0 unspecified atom stereocenters. The highest BCUT2D eigenvalue weighted by atomic mass is 19.4. The summed E-state index contributed by atoms with van der Waals surface area (Å²) in [5, 5.41) is 5.30. The number of ether oxygens (including phenoxy) is 1. The van der Waals surface area contributed by atoms with Crippen LogP contribution in [0.3, 0.4) is 0 Å². The monoisotopic (exact) mass is 389 g/mol. The van der Waals surface area contributed by atoms with E-state index in [-0.39, 0.29) is 11.7 Å². The Morgan fingerprint density at radius 1 is 1.18 bits per heavy atom. The highest BCUT2D eigenvalue weighted by molar-refractivity contribution is 6.01. The van der Waals surface area contributed by atoms with Gasteiger partial charge in [0.15, 0.2) is 0 Å². The Bertz CT molecular complexity index is 1040. The first kappa shape index (κ1) is 18.3. The standard InChI is InChI=1S/C20H18F3N3O2/c1-25(14-6-7-14)19(27)13-5-10-16-17(11-13)26(2)24-18(16)12-3-8-15(9-4-12)28-20(21,22)23/h3-5,8-11,14H,6-7H2,1-2H3. The van der Waals surface area contributed by atoms with Crippen molar-refractivity contribution in [3.05, 3.63) is 48.0 Å². The van der Waals surface area contributed by atoms with Gasteiger partial charge in [-0.25, -0.2) is 0 Å². The Balaban J connectivity index is 1.66. The van der Waals surface area contributed by atoms with E-state index in [4.69, 9.17) is 0 Å². The molecule has 0 bridgehead atoms. The molecule has 3 aromatic rings. The summed E-state index contributed by atoms with van der Waals surface area (Å²) in [6.45, 7) is 0. The highest BCUT2D eigenvalue weighted by Gasteiger charge is 2.31. The normalized spacial score (nSPS) is 14.3. The van der Waals surface area contributed by atoms with E-state index in [1.54, 1.807) is 28.8 Å². The first-order valence-corrected chi connectivity index (χ1v) is 8.83. The van der Waals surface area contributed by atoms with Gasteiger partial charge in [0.25, 0.3) is 5.91 Å². The molecule has 0 radical (unpaired) electrons. The van der Waals surface area contributed by atoms with E-state index in [1.165, 1.54) is 24.3 Å². The fourth-order valence-corrected chi connectivity index (χ4v) is 3.25. The molecule has 2 aromatic carbocycles. The van der Waals surface area contributed by atoms with E-state index in [2.05, 4.69) is 9.84 Å². The molecule has 1 amide bonds. The van der Waals surface area contributed by atoms with Crippen LogP contribution in [0.5, 0.6) is 5.75 Å². The van der Waals surface area contributed by atoms with Crippen LogP contribution in [0.1, 0.15) is 23.2 Å². The van der Waals surface area contributed by atoms with Crippen molar-refractivity contribution in [3.63, 3.8) is 0 Å². The summed E-state index contributed by atoms with van der Waals surface area (Å²) in [5.74, 6) is -0.312. The summed E-state index contributed by atoms with van der Waals surface area (Å²) >= 11 is 0. The molecule has 1 aliphatic carbocycles. The van der Waals surface area contributed by atoms with Gasteiger partial charge in [-0.1, -0.05) is 0 Å². The van der Waals surface area contributed by atoms with Gasteiger partial charge in [0.1, 0.15) is 11.4 Å². The lowest BCUT2D eigenvalue weighted by Crippen LogP contribution is -2.28. The Morgan fingerprint density at radius 3 is 2.46 bits per heavy atom. The van der Waals surface area contributed by atoms with Crippen LogP contribution in [0.4, 0.5) is 13.2 Å². The van der Waals surface area contributed by atoms with Crippen molar-refractivity contribution in [3.8, 4) is 17.0 Å². The van der Waals surface area contributed by atoms with Gasteiger partial charge in [0.2, 0.25) is 0 Å². The van der Waals surface area contributed by atoms with Crippen molar-refractivity contribution < 1.29 is 22.7 Å². The number of amides is 1. The van der Waals surface area contributed by atoms with Gasteiger partial charge >= 0.3 is 6.36 Å². The SMILES string of the molecule is CN(C(=O)c1ccc2c(-c3ccc(OC(F)(F)F)cc3)nn(C)c2c1)C1CC1. The third-order valence-electron chi connectivity index (χ3n) is 4.87. The van der Waals surface area contributed by atoms with Crippen LogP contribution >= 0.6 is 0 Å². The molecule has 0 atom stereocenters. The number of alkyl halides is 3. The number of benzene rings is 2. The Kier molecular flexibility index (Phi) is 4.28. The molecule has 0 aliphatic heterocycles. The number of aromatic nitrogens is 2. The van der Waals surface area contributed by atoms with Crippen molar-refractivity contribution in [2.24, 2.45) is 7.05 Å². The maximum Gasteiger partial charge on any atom is 0.573 e. The van der Waals surface area contributed by atoms with E-state index < -0.39 is 6.36 Å². The fraction of sp³-hybridized carbons (Fsp3) is 0.300. The number of rotatable bonds is 4. The summed E-state index contributed by atoms with van der Waals surface area (Å²) in [4.78, 5) is 14.4. The summed E-state index contributed by atoms with van der Waals surface area (Å²) in [6, 6.07) is 11.3. The number of carbonyl (C=O) groups excluding carboxylic acids is 1. The van der Waals surface area contributed by atoms with Crippen molar-refractivity contribution in [1.82, 2.24) is 14.7 Å². The van der Waals surface area contributed by atoms with Crippen LogP contribution in [-0.2, 0) is 7.05 Å². The smallest absolute Gasteiger partial charge is 0.406 e. The molecule has 1 heterocycles. The topological polar surface area (TPSA) is 47.4 Å². The van der Waals surface area contributed by atoms with Crippen molar-refractivity contribution >= 4 is 16.8 Å². The minimum absolute atomic E-state index is 0.0270. The Hall–Kier alpha value is -3.03. The molecule has 1 saturated carbocycles. The van der Waals surface area contributed by atoms with Crippen LogP contribution in [0.25, 0.3) is 22.2 Å². The number of aryl methyl sites for hydroxylation is 1. The van der Waals surface area contributed by atoms with Crippen molar-refractivity contribution in [2.75, 3.05) is 7.05 Å². The summed E-state index contributed by atoms with van der Waals surface area (Å²) < 4.78 is 42.5. The molecule has 1 aromatic heterocycles. The molecule has 5 nitrogen and oxygen atoms in total. The molecule has 8 heteroatoms. The van der Waals surface area contributed by atoms with Crippen LogP contribution in [0.15, 0.2) is 42.5 Å². The van der Waals surface area contributed by atoms with Gasteiger partial charge in [-0.15, -0.1) is 13.2 Å². The van der Waals surface area contributed by atoms with Gasteiger partial charge in [-0.2, -0.15) is 5.10 Å². The summed E-state index contributed by atoms with van der Waals surface area (Å²) in [7, 11) is 3.58. The molecular weight excluding hydrogens is 371 g/mol. The molecule has 28 heavy (non-hydrogen) atoms. The fourth-order valence-electron chi connectivity index (χ4n) is 3.25. The van der Waals surface area contributed by atoms with E-state index >= 15 is 0 Å². The number of fused-ring (bicyclic) bond motifs is 1. The number of nitrogens with zero attached hydrogens (tertiary/aromatic N) is 3. The lowest BCUT2D eigenvalue weighted by molar-refractivity contribution is -0.274. The van der Waals surface area contributed by atoms with Gasteiger partial charge in [-0.05, 0) is 55.3 Å². The molecule has 0 N–H and O–H groups in total. The van der Waals surface area contributed by atoms with Crippen LogP contribution in [0.2, 0.25) is 0 Å². The number of halogens is 3. The second-order valence-corrected chi connectivity index (χ2v) is 6.92. The molecule has 1 aliphatic rings. The molecule has 4 rings (SSSR count). The molecule has 0 saturated heterocycles. The molecular formula is C20H18F3N3O2. The maximum atomic E-state index is 12.6. The quantitative estimate of drug-likeness (QED) is 0.666. The summed E-state index contributed by atoms with van der Waals surface area (Å²) in [6.07, 6.45) is -2.65. The average molecular weight is 389 g/mol. The lowest BCUT2D eigenvalue weighted by atomic mass is 10.1. The highest BCUT2D eigenvalue weighted by Crippen LogP contribution is 2.32. The zero-order valence-electron chi connectivity index (χ0n) is 15.3. The van der Waals surface area contributed by atoms with Crippen LogP contribution < -0.4 is 4.74 Å². The molecule has 1 fully saturated rings. The van der Waals surface area contributed by atoms with E-state index in [1.807, 2.05) is 13.1 Å². The van der Waals surface area contributed by atoms with Gasteiger partial charge in [0.05, 0.1) is 5.52 Å². The minimum Gasteiger partial charge on any atom is -0.406 e. The van der Waals surface area contributed by atoms with E-state index in [0.717, 1.165) is 23.7 Å². The average Bonchev–Trinajstić information content (AvgIpc) is 3.44. The predicted molar refractivity (Wildman–Crippen MR) is 97.9 cm³/mol. The van der Waals surface area contributed by atoms with Crippen molar-refractivity contribution in [1.29, 1.82) is 0 Å².